The second-order valence-corrected chi connectivity index (χ2v) is 9.54. The van der Waals surface area contributed by atoms with E-state index in [4.69, 9.17) is 20.4 Å². The molecule has 0 amide bonds. The van der Waals surface area contributed by atoms with Gasteiger partial charge in [-0.05, 0) is 74.8 Å². The van der Waals surface area contributed by atoms with Crippen molar-refractivity contribution in [2.75, 3.05) is 13.1 Å². The second kappa shape index (κ2) is 9.42. The van der Waals surface area contributed by atoms with Gasteiger partial charge in [0.15, 0.2) is 12.2 Å². The van der Waals surface area contributed by atoms with E-state index in [1.54, 1.807) is 6.07 Å². The molecule has 2 bridgehead atoms. The molecule has 2 aliphatic carbocycles. The fourth-order valence-electron chi connectivity index (χ4n) is 5.33. The summed E-state index contributed by atoms with van der Waals surface area (Å²) in [5.74, 6) is -2.41. The van der Waals surface area contributed by atoms with Crippen LogP contribution in [-0.4, -0.2) is 84.4 Å². The smallest absolute Gasteiger partial charge is 0.335 e. The third kappa shape index (κ3) is 4.77. The molecule has 0 aromatic heterocycles. The third-order valence-corrected chi connectivity index (χ3v) is 7.39. The van der Waals surface area contributed by atoms with E-state index in [0.717, 1.165) is 43.8 Å². The number of carboxylic acid groups (broad SMARTS) is 2. The Morgan fingerprint density at radius 1 is 1.21 bits per heavy atom. The number of benzene rings is 1. The molecule has 3 aliphatic rings. The van der Waals surface area contributed by atoms with E-state index in [2.05, 4.69) is 11.5 Å². The van der Waals surface area contributed by atoms with Crippen LogP contribution in [0.4, 0.5) is 0 Å². The number of aromatic hydroxyl groups is 1. The van der Waals surface area contributed by atoms with E-state index in [-0.39, 0.29) is 11.5 Å². The number of phenolic OH excluding ortho intramolecular Hbond substituents is 1. The first-order valence-corrected chi connectivity index (χ1v) is 11.2. The number of aliphatic hydroxyl groups is 3. The molecule has 1 heterocycles. The van der Waals surface area contributed by atoms with E-state index in [0.29, 0.717) is 5.75 Å². The van der Waals surface area contributed by atoms with Crippen molar-refractivity contribution in [3.8, 4) is 5.75 Å². The van der Waals surface area contributed by atoms with Gasteiger partial charge in [0.2, 0.25) is 0 Å². The fraction of sp³-hybridized carbons (Fsp3) is 0.583. The lowest BCUT2D eigenvalue weighted by atomic mass is 9.54. The molecule has 0 spiro atoms. The number of allylic oxidation sites excluding steroid dienone is 1. The Hall–Kier alpha value is -2.46. The first-order valence-electron chi connectivity index (χ1n) is 11.2. The van der Waals surface area contributed by atoms with Crippen molar-refractivity contribution in [3.63, 3.8) is 0 Å². The number of rotatable bonds is 7. The normalized spacial score (nSPS) is 30.2. The van der Waals surface area contributed by atoms with Crippen molar-refractivity contribution in [2.45, 2.75) is 68.3 Å². The maximum Gasteiger partial charge on any atom is 0.335 e. The summed E-state index contributed by atoms with van der Waals surface area (Å²) in [6.45, 7) is 8.11. The largest absolute Gasteiger partial charge is 0.508 e. The van der Waals surface area contributed by atoms with Crippen LogP contribution in [0.25, 0.3) is 0 Å². The average molecular weight is 464 g/mol. The van der Waals surface area contributed by atoms with Gasteiger partial charge in [-0.3, -0.25) is 4.90 Å². The summed E-state index contributed by atoms with van der Waals surface area (Å²) in [6, 6.07) is 5.86. The molecule has 1 saturated heterocycles. The SMILES string of the molecule is C=CC[C@]12CCN(CC3CC3)[C@H](Cc3ccc(O)cc31)[C@@]2(C)O.O=C(O)C(O)C(O)C(=O)O. The van der Waals surface area contributed by atoms with Crippen molar-refractivity contribution in [1.29, 1.82) is 0 Å². The number of hydrogen-bond acceptors (Lipinski definition) is 7. The van der Waals surface area contributed by atoms with Crippen molar-refractivity contribution < 1.29 is 40.2 Å². The van der Waals surface area contributed by atoms with Gasteiger partial charge in [-0.1, -0.05) is 12.1 Å². The average Bonchev–Trinajstić information content (AvgIpc) is 3.56. The van der Waals surface area contributed by atoms with Gasteiger partial charge in [0.1, 0.15) is 5.75 Å². The van der Waals surface area contributed by atoms with Crippen molar-refractivity contribution >= 4 is 11.9 Å². The highest BCUT2D eigenvalue weighted by molar-refractivity contribution is 5.83. The van der Waals surface area contributed by atoms with Crippen LogP contribution < -0.4 is 0 Å². The summed E-state index contributed by atoms with van der Waals surface area (Å²) in [6.07, 6.45) is 2.63. The molecular formula is C24H33NO8. The van der Waals surface area contributed by atoms with Gasteiger partial charge < -0.3 is 30.6 Å². The number of aliphatic hydroxyl groups excluding tert-OH is 2. The molecule has 9 heteroatoms. The Kier molecular flexibility index (Phi) is 7.18. The minimum absolute atomic E-state index is 0.161. The summed E-state index contributed by atoms with van der Waals surface area (Å²) in [7, 11) is 0. The van der Waals surface area contributed by atoms with E-state index >= 15 is 0 Å². The first-order chi connectivity index (χ1) is 15.4. The Morgan fingerprint density at radius 2 is 1.82 bits per heavy atom. The molecular weight excluding hydrogens is 430 g/mol. The standard InChI is InChI=1S/C20H27NO2.C4H6O6/c1-3-8-20-9-10-21(13-14-4-5-14)18(19(20,2)23)11-15-6-7-16(22)12-17(15)20;5-1(3(7)8)2(6)4(9)10/h3,6-7,12,14,18,22-23H,1,4-5,8-11,13H2,2H3;1-2,5-6H,(H,7,8)(H,9,10)/t18-,19-,20+;/m1./s1. The Bertz CT molecular complexity index is 894. The summed E-state index contributed by atoms with van der Waals surface area (Å²) in [5.41, 5.74) is 1.28. The number of hydrogen-bond donors (Lipinski definition) is 6. The van der Waals surface area contributed by atoms with Gasteiger partial charge in [0, 0.05) is 18.0 Å². The number of phenols is 1. The highest BCUT2D eigenvalue weighted by Crippen LogP contribution is 2.54. The maximum atomic E-state index is 11.6. The predicted molar refractivity (Wildman–Crippen MR) is 119 cm³/mol. The minimum atomic E-state index is -2.27. The molecule has 2 unspecified atom stereocenters. The van der Waals surface area contributed by atoms with Gasteiger partial charge in [-0.2, -0.15) is 0 Å². The number of carboxylic acids is 2. The monoisotopic (exact) mass is 463 g/mol. The van der Waals surface area contributed by atoms with Gasteiger partial charge in [0.25, 0.3) is 0 Å². The summed E-state index contributed by atoms with van der Waals surface area (Å²) in [5, 5.41) is 54.1. The maximum absolute atomic E-state index is 11.6. The lowest BCUT2D eigenvalue weighted by Gasteiger charge is -2.60. The summed E-state index contributed by atoms with van der Waals surface area (Å²) in [4.78, 5) is 22.1. The van der Waals surface area contributed by atoms with Gasteiger partial charge >= 0.3 is 11.9 Å². The highest BCUT2D eigenvalue weighted by Gasteiger charge is 2.59. The number of aliphatic carboxylic acids is 2. The molecule has 1 saturated carbocycles. The van der Waals surface area contributed by atoms with Crippen LogP contribution in [0.2, 0.25) is 0 Å². The molecule has 9 nitrogen and oxygen atoms in total. The zero-order valence-corrected chi connectivity index (χ0v) is 18.7. The second-order valence-electron chi connectivity index (χ2n) is 9.54. The van der Waals surface area contributed by atoms with Crippen LogP contribution in [0.1, 0.15) is 43.7 Å². The molecule has 33 heavy (non-hydrogen) atoms. The van der Waals surface area contributed by atoms with E-state index in [1.807, 2.05) is 25.1 Å². The van der Waals surface area contributed by atoms with Crippen LogP contribution >= 0.6 is 0 Å². The van der Waals surface area contributed by atoms with Crippen LogP contribution in [0.15, 0.2) is 30.9 Å². The van der Waals surface area contributed by atoms with Crippen LogP contribution in [0.3, 0.4) is 0 Å². The Labute approximate surface area is 192 Å². The van der Waals surface area contributed by atoms with Crippen LogP contribution in [0, 0.1) is 5.92 Å². The number of carbonyl (C=O) groups is 2. The lowest BCUT2D eigenvalue weighted by molar-refractivity contribution is -0.165. The van der Waals surface area contributed by atoms with Gasteiger partial charge in [-0.15, -0.1) is 6.58 Å². The summed E-state index contributed by atoms with van der Waals surface area (Å²) < 4.78 is 0. The molecule has 1 aromatic carbocycles. The molecule has 2 fully saturated rings. The van der Waals surface area contributed by atoms with Gasteiger partial charge in [0.05, 0.1) is 5.60 Å². The van der Waals surface area contributed by atoms with Crippen molar-refractivity contribution in [2.24, 2.45) is 5.92 Å². The molecule has 1 aliphatic heterocycles. The quantitative estimate of drug-likeness (QED) is 0.323. The third-order valence-electron chi connectivity index (χ3n) is 7.39. The number of piperidine rings is 1. The molecule has 182 valence electrons. The number of fused-ring (bicyclic) bond motifs is 4. The van der Waals surface area contributed by atoms with Crippen LogP contribution in [-0.2, 0) is 21.4 Å². The number of nitrogens with zero attached hydrogens (tertiary/aromatic N) is 1. The van der Waals surface area contributed by atoms with E-state index in [1.165, 1.54) is 18.4 Å². The lowest BCUT2D eigenvalue weighted by Crippen LogP contribution is -2.70. The first kappa shape index (κ1) is 25.2. The van der Waals surface area contributed by atoms with Crippen LogP contribution in [0.5, 0.6) is 5.75 Å². The zero-order chi connectivity index (χ0) is 24.6. The van der Waals surface area contributed by atoms with E-state index < -0.39 is 29.7 Å². The van der Waals surface area contributed by atoms with Crippen molar-refractivity contribution in [1.82, 2.24) is 4.90 Å². The molecule has 5 atom stereocenters. The van der Waals surface area contributed by atoms with Crippen molar-refractivity contribution in [3.05, 3.63) is 42.0 Å². The van der Waals surface area contributed by atoms with E-state index in [9.17, 15) is 19.8 Å². The topological polar surface area (TPSA) is 159 Å². The predicted octanol–water partition coefficient (Wildman–Crippen LogP) is 0.875. The fourth-order valence-corrected chi connectivity index (χ4v) is 5.33. The molecule has 4 rings (SSSR count). The Balaban J connectivity index is 0.000000262. The highest BCUT2D eigenvalue weighted by atomic mass is 16.4. The summed E-state index contributed by atoms with van der Waals surface area (Å²) >= 11 is 0. The molecule has 0 radical (unpaired) electrons. The van der Waals surface area contributed by atoms with Gasteiger partial charge in [-0.25, -0.2) is 9.59 Å². The number of likely N-dealkylation sites (tertiary alicyclic amines) is 1. The minimum Gasteiger partial charge on any atom is -0.508 e. The zero-order valence-electron chi connectivity index (χ0n) is 18.7. The Morgan fingerprint density at radius 3 is 2.33 bits per heavy atom. The molecule has 1 aromatic rings. The molecule has 6 N–H and O–H groups in total.